The first-order valence-corrected chi connectivity index (χ1v) is 8.22. The highest BCUT2D eigenvalue weighted by Crippen LogP contribution is 2.15. The average molecular weight is 324 g/mol. The third-order valence-corrected chi connectivity index (χ3v) is 3.90. The van der Waals surface area contributed by atoms with Crippen LogP contribution in [0.5, 0.6) is 0 Å². The van der Waals surface area contributed by atoms with E-state index in [0.717, 1.165) is 23.2 Å². The summed E-state index contributed by atoms with van der Waals surface area (Å²) in [6.45, 7) is 5.58. The van der Waals surface area contributed by atoms with Crippen LogP contribution in [-0.2, 0) is 22.4 Å². The van der Waals surface area contributed by atoms with E-state index < -0.39 is 0 Å². The standard InChI is InChI=1S/C20H24N2O2/c1-4-16-5-9-18(10-6-16)14(2)21-20(24)13-17-7-11-19(12-8-17)22-15(3)23/h5-12,14H,4,13H2,1-3H3,(H,21,24)(H,22,23)/t14-/m1/s1. The summed E-state index contributed by atoms with van der Waals surface area (Å²) in [5.74, 6) is -0.127. The molecule has 0 heterocycles. The quantitative estimate of drug-likeness (QED) is 0.852. The molecule has 0 spiro atoms. The Morgan fingerprint density at radius 2 is 1.54 bits per heavy atom. The van der Waals surface area contributed by atoms with Gasteiger partial charge in [-0.15, -0.1) is 0 Å². The van der Waals surface area contributed by atoms with E-state index in [4.69, 9.17) is 0 Å². The molecule has 0 bridgehead atoms. The number of rotatable bonds is 6. The third kappa shape index (κ3) is 5.23. The van der Waals surface area contributed by atoms with Crippen LogP contribution in [-0.4, -0.2) is 11.8 Å². The predicted molar refractivity (Wildman–Crippen MR) is 96.8 cm³/mol. The molecule has 0 saturated carbocycles. The smallest absolute Gasteiger partial charge is 0.224 e. The van der Waals surface area contributed by atoms with Crippen LogP contribution in [0.25, 0.3) is 0 Å². The molecule has 2 amide bonds. The zero-order chi connectivity index (χ0) is 17.5. The molecule has 0 unspecified atom stereocenters. The van der Waals surface area contributed by atoms with Crippen LogP contribution in [0.1, 0.15) is 43.5 Å². The van der Waals surface area contributed by atoms with Gasteiger partial charge in [0.15, 0.2) is 0 Å². The molecule has 1 atom stereocenters. The van der Waals surface area contributed by atoms with Crippen molar-refractivity contribution in [3.8, 4) is 0 Å². The Morgan fingerprint density at radius 3 is 2.08 bits per heavy atom. The van der Waals surface area contributed by atoms with Gasteiger partial charge < -0.3 is 10.6 Å². The van der Waals surface area contributed by atoms with Crippen molar-refractivity contribution in [1.82, 2.24) is 5.32 Å². The van der Waals surface area contributed by atoms with Gasteiger partial charge in [0.25, 0.3) is 0 Å². The van der Waals surface area contributed by atoms with Crippen molar-refractivity contribution in [1.29, 1.82) is 0 Å². The van der Waals surface area contributed by atoms with Gasteiger partial charge in [-0.3, -0.25) is 9.59 Å². The Balaban J connectivity index is 1.90. The molecule has 0 aliphatic heterocycles. The molecule has 0 radical (unpaired) electrons. The van der Waals surface area contributed by atoms with Gasteiger partial charge in [-0.1, -0.05) is 43.3 Å². The van der Waals surface area contributed by atoms with E-state index >= 15 is 0 Å². The number of amides is 2. The van der Waals surface area contributed by atoms with E-state index in [2.05, 4.69) is 41.8 Å². The summed E-state index contributed by atoms with van der Waals surface area (Å²) in [7, 11) is 0. The van der Waals surface area contributed by atoms with Crippen LogP contribution in [0.4, 0.5) is 5.69 Å². The van der Waals surface area contributed by atoms with Gasteiger partial charge in [-0.25, -0.2) is 0 Å². The molecule has 0 saturated heterocycles. The van der Waals surface area contributed by atoms with Crippen molar-refractivity contribution in [3.05, 3.63) is 65.2 Å². The molecule has 2 N–H and O–H groups in total. The van der Waals surface area contributed by atoms with E-state index in [1.165, 1.54) is 12.5 Å². The van der Waals surface area contributed by atoms with Gasteiger partial charge in [-0.05, 0) is 42.2 Å². The van der Waals surface area contributed by atoms with Crippen molar-refractivity contribution in [2.75, 3.05) is 5.32 Å². The molecule has 2 aromatic carbocycles. The average Bonchev–Trinajstić information content (AvgIpc) is 2.56. The van der Waals surface area contributed by atoms with Crippen molar-refractivity contribution in [2.24, 2.45) is 0 Å². The van der Waals surface area contributed by atoms with Crippen LogP contribution in [0.15, 0.2) is 48.5 Å². The van der Waals surface area contributed by atoms with Gasteiger partial charge in [0.2, 0.25) is 11.8 Å². The number of anilines is 1. The fourth-order valence-corrected chi connectivity index (χ4v) is 2.51. The fourth-order valence-electron chi connectivity index (χ4n) is 2.51. The zero-order valence-electron chi connectivity index (χ0n) is 14.4. The van der Waals surface area contributed by atoms with Crippen LogP contribution < -0.4 is 10.6 Å². The van der Waals surface area contributed by atoms with Gasteiger partial charge in [-0.2, -0.15) is 0 Å². The topological polar surface area (TPSA) is 58.2 Å². The lowest BCUT2D eigenvalue weighted by Crippen LogP contribution is -2.28. The lowest BCUT2D eigenvalue weighted by Gasteiger charge is -2.15. The predicted octanol–water partition coefficient (Wildman–Crippen LogP) is 3.63. The molecule has 0 fully saturated rings. The van der Waals surface area contributed by atoms with Crippen LogP contribution in [0.2, 0.25) is 0 Å². The molecular weight excluding hydrogens is 300 g/mol. The lowest BCUT2D eigenvalue weighted by atomic mass is 10.0. The molecule has 0 aliphatic carbocycles. The highest BCUT2D eigenvalue weighted by atomic mass is 16.2. The summed E-state index contributed by atoms with van der Waals surface area (Å²) in [5, 5.41) is 5.73. The second-order valence-electron chi connectivity index (χ2n) is 5.94. The van der Waals surface area contributed by atoms with Crippen molar-refractivity contribution in [2.45, 2.75) is 39.7 Å². The second-order valence-corrected chi connectivity index (χ2v) is 5.94. The van der Waals surface area contributed by atoms with Gasteiger partial charge in [0.1, 0.15) is 0 Å². The van der Waals surface area contributed by atoms with Gasteiger partial charge in [0.05, 0.1) is 12.5 Å². The van der Waals surface area contributed by atoms with Crippen molar-refractivity contribution < 1.29 is 9.59 Å². The largest absolute Gasteiger partial charge is 0.349 e. The Bertz CT molecular complexity index is 691. The summed E-state index contributed by atoms with van der Waals surface area (Å²) in [6, 6.07) is 15.6. The first-order valence-electron chi connectivity index (χ1n) is 8.22. The molecule has 2 rings (SSSR count). The van der Waals surface area contributed by atoms with Crippen LogP contribution >= 0.6 is 0 Å². The number of nitrogens with one attached hydrogen (secondary N) is 2. The summed E-state index contributed by atoms with van der Waals surface area (Å²) in [6.07, 6.45) is 1.33. The molecule has 0 aromatic heterocycles. The van der Waals surface area contributed by atoms with E-state index in [1.807, 2.05) is 19.1 Å². The number of hydrogen-bond acceptors (Lipinski definition) is 2. The fraction of sp³-hybridized carbons (Fsp3) is 0.300. The minimum Gasteiger partial charge on any atom is -0.349 e. The second kappa shape index (κ2) is 8.29. The van der Waals surface area contributed by atoms with Crippen LogP contribution in [0.3, 0.4) is 0 Å². The van der Waals surface area contributed by atoms with Gasteiger partial charge in [0, 0.05) is 12.6 Å². The Hall–Kier alpha value is -2.62. The molecule has 24 heavy (non-hydrogen) atoms. The molecule has 4 nitrogen and oxygen atoms in total. The summed E-state index contributed by atoms with van der Waals surface area (Å²) < 4.78 is 0. The summed E-state index contributed by atoms with van der Waals surface area (Å²) >= 11 is 0. The van der Waals surface area contributed by atoms with Gasteiger partial charge >= 0.3 is 0 Å². The zero-order valence-corrected chi connectivity index (χ0v) is 14.4. The summed E-state index contributed by atoms with van der Waals surface area (Å²) in [5.41, 5.74) is 4.03. The maximum absolute atomic E-state index is 12.2. The normalized spacial score (nSPS) is 11.6. The summed E-state index contributed by atoms with van der Waals surface area (Å²) in [4.78, 5) is 23.2. The lowest BCUT2D eigenvalue weighted by molar-refractivity contribution is -0.121. The molecule has 0 aliphatic rings. The van der Waals surface area contributed by atoms with E-state index in [0.29, 0.717) is 6.42 Å². The number of aryl methyl sites for hydroxylation is 1. The maximum Gasteiger partial charge on any atom is 0.224 e. The molecule has 4 heteroatoms. The minimum absolute atomic E-state index is 0.0191. The highest BCUT2D eigenvalue weighted by Gasteiger charge is 2.10. The number of hydrogen-bond donors (Lipinski definition) is 2. The Morgan fingerprint density at radius 1 is 0.958 bits per heavy atom. The van der Waals surface area contributed by atoms with Crippen LogP contribution in [0, 0.1) is 0 Å². The molecular formula is C20H24N2O2. The first-order chi connectivity index (χ1) is 11.5. The SMILES string of the molecule is CCc1ccc([C@@H](C)NC(=O)Cc2ccc(NC(C)=O)cc2)cc1. The van der Waals surface area contributed by atoms with E-state index in [1.54, 1.807) is 12.1 Å². The number of benzene rings is 2. The Kier molecular flexibility index (Phi) is 6.13. The van der Waals surface area contributed by atoms with Crippen molar-refractivity contribution >= 4 is 17.5 Å². The first kappa shape index (κ1) is 17.7. The number of carbonyl (C=O) groups excluding carboxylic acids is 2. The molecule has 2 aromatic rings. The monoisotopic (exact) mass is 324 g/mol. The van der Waals surface area contributed by atoms with E-state index in [9.17, 15) is 9.59 Å². The maximum atomic E-state index is 12.2. The third-order valence-electron chi connectivity index (χ3n) is 3.90. The van der Waals surface area contributed by atoms with Crippen molar-refractivity contribution in [3.63, 3.8) is 0 Å². The number of carbonyl (C=O) groups is 2. The Labute approximate surface area is 143 Å². The highest BCUT2D eigenvalue weighted by molar-refractivity contribution is 5.88. The van der Waals surface area contributed by atoms with E-state index in [-0.39, 0.29) is 17.9 Å². The minimum atomic E-state index is -0.108. The molecule has 126 valence electrons.